The van der Waals surface area contributed by atoms with Gasteiger partial charge in [0.15, 0.2) is 0 Å². The minimum absolute atomic E-state index is 0.207. The van der Waals surface area contributed by atoms with Crippen LogP contribution in [-0.4, -0.2) is 27.5 Å². The van der Waals surface area contributed by atoms with Crippen molar-refractivity contribution in [1.82, 2.24) is 10.3 Å². The zero-order chi connectivity index (χ0) is 13.2. The highest BCUT2D eigenvalue weighted by Crippen LogP contribution is 2.30. The molecule has 0 aromatic carbocycles. The molecule has 96 valence electrons. The molecule has 0 saturated heterocycles. The van der Waals surface area contributed by atoms with E-state index in [2.05, 4.69) is 10.3 Å². The molecule has 0 aliphatic heterocycles. The number of hydrogen-bond donors (Lipinski definition) is 2. The quantitative estimate of drug-likeness (QED) is 0.820. The molecule has 0 radical (unpaired) electrons. The van der Waals surface area contributed by atoms with E-state index in [1.165, 1.54) is 18.3 Å². The lowest BCUT2D eigenvalue weighted by Gasteiger charge is -2.25. The number of halogens is 1. The standard InChI is InChI=1S/C12H13ClN2O3/c13-9-7-8(3-6-14-9)10(16)15-12(11(17)18)4-1-2-5-12/h3,6-7H,1-2,4-5H2,(H,15,16)(H,17,18). The van der Waals surface area contributed by atoms with Crippen LogP contribution in [0.3, 0.4) is 0 Å². The highest BCUT2D eigenvalue weighted by Gasteiger charge is 2.42. The zero-order valence-corrected chi connectivity index (χ0v) is 10.4. The molecule has 2 N–H and O–H groups in total. The molecule has 1 amide bonds. The number of carboxylic acids is 1. The van der Waals surface area contributed by atoms with E-state index in [1.807, 2.05) is 0 Å². The maximum absolute atomic E-state index is 12.0. The van der Waals surface area contributed by atoms with Crippen LogP contribution in [0.25, 0.3) is 0 Å². The van der Waals surface area contributed by atoms with E-state index in [-0.39, 0.29) is 5.15 Å². The van der Waals surface area contributed by atoms with Crippen molar-refractivity contribution >= 4 is 23.5 Å². The molecular weight excluding hydrogens is 256 g/mol. The second-order valence-corrected chi connectivity index (χ2v) is 4.80. The number of aromatic nitrogens is 1. The number of pyridine rings is 1. The third-order valence-electron chi connectivity index (χ3n) is 3.21. The Morgan fingerprint density at radius 2 is 2.06 bits per heavy atom. The SMILES string of the molecule is O=C(NC1(C(=O)O)CCCC1)c1ccnc(Cl)c1. The molecular formula is C12H13ClN2O3. The summed E-state index contributed by atoms with van der Waals surface area (Å²) in [7, 11) is 0. The average Bonchev–Trinajstić information content (AvgIpc) is 2.79. The Bertz CT molecular complexity index is 484. The molecule has 1 fully saturated rings. The van der Waals surface area contributed by atoms with E-state index in [0.717, 1.165) is 12.8 Å². The summed E-state index contributed by atoms with van der Waals surface area (Å²) in [5, 5.41) is 12.1. The molecule has 1 aromatic heterocycles. The van der Waals surface area contributed by atoms with Crippen LogP contribution in [0.15, 0.2) is 18.3 Å². The monoisotopic (exact) mass is 268 g/mol. The second-order valence-electron chi connectivity index (χ2n) is 4.42. The van der Waals surface area contributed by atoms with Crippen LogP contribution in [0.4, 0.5) is 0 Å². The Balaban J connectivity index is 2.18. The van der Waals surface area contributed by atoms with Gasteiger partial charge in [0.05, 0.1) is 0 Å². The van der Waals surface area contributed by atoms with Gasteiger partial charge in [0.2, 0.25) is 0 Å². The molecule has 0 atom stereocenters. The largest absolute Gasteiger partial charge is 0.480 e. The van der Waals surface area contributed by atoms with E-state index in [0.29, 0.717) is 18.4 Å². The summed E-state index contributed by atoms with van der Waals surface area (Å²) in [4.78, 5) is 27.1. The number of carbonyl (C=O) groups excluding carboxylic acids is 1. The topological polar surface area (TPSA) is 79.3 Å². The van der Waals surface area contributed by atoms with E-state index in [1.54, 1.807) is 0 Å². The Morgan fingerprint density at radius 1 is 1.39 bits per heavy atom. The predicted molar refractivity (Wildman–Crippen MR) is 65.5 cm³/mol. The van der Waals surface area contributed by atoms with Crippen LogP contribution in [-0.2, 0) is 4.79 Å². The lowest BCUT2D eigenvalue weighted by atomic mass is 9.97. The Labute approximate surface area is 109 Å². The first-order valence-corrected chi connectivity index (χ1v) is 6.09. The van der Waals surface area contributed by atoms with Gasteiger partial charge in [-0.25, -0.2) is 9.78 Å². The number of nitrogens with zero attached hydrogens (tertiary/aromatic N) is 1. The van der Waals surface area contributed by atoms with Crippen molar-refractivity contribution in [3.63, 3.8) is 0 Å². The molecule has 1 aromatic rings. The molecule has 1 heterocycles. The lowest BCUT2D eigenvalue weighted by Crippen LogP contribution is -2.52. The van der Waals surface area contributed by atoms with E-state index in [4.69, 9.17) is 11.6 Å². The van der Waals surface area contributed by atoms with Gasteiger partial charge in [-0.15, -0.1) is 0 Å². The molecule has 0 unspecified atom stereocenters. The fourth-order valence-electron chi connectivity index (χ4n) is 2.20. The van der Waals surface area contributed by atoms with Crippen LogP contribution in [0, 0.1) is 0 Å². The maximum Gasteiger partial charge on any atom is 0.329 e. The normalized spacial score (nSPS) is 17.4. The van der Waals surface area contributed by atoms with E-state index in [9.17, 15) is 14.7 Å². The van der Waals surface area contributed by atoms with Gasteiger partial charge in [0.25, 0.3) is 5.91 Å². The summed E-state index contributed by atoms with van der Waals surface area (Å²) >= 11 is 5.70. The number of aliphatic carboxylic acids is 1. The number of nitrogens with one attached hydrogen (secondary N) is 1. The van der Waals surface area contributed by atoms with Gasteiger partial charge < -0.3 is 10.4 Å². The molecule has 1 aliphatic rings. The predicted octanol–water partition coefficient (Wildman–Crippen LogP) is 1.86. The molecule has 0 bridgehead atoms. The van der Waals surface area contributed by atoms with Gasteiger partial charge in [-0.2, -0.15) is 0 Å². The molecule has 6 heteroatoms. The first kappa shape index (κ1) is 12.8. The van der Waals surface area contributed by atoms with Crippen LogP contribution in [0.1, 0.15) is 36.0 Å². The Hall–Kier alpha value is -1.62. The second kappa shape index (κ2) is 4.94. The minimum Gasteiger partial charge on any atom is -0.480 e. The van der Waals surface area contributed by atoms with Crippen molar-refractivity contribution in [1.29, 1.82) is 0 Å². The van der Waals surface area contributed by atoms with Crippen molar-refractivity contribution in [2.24, 2.45) is 0 Å². The fraction of sp³-hybridized carbons (Fsp3) is 0.417. The van der Waals surface area contributed by atoms with Crippen LogP contribution in [0.2, 0.25) is 5.15 Å². The lowest BCUT2D eigenvalue weighted by molar-refractivity contribution is -0.144. The van der Waals surface area contributed by atoms with Gasteiger partial charge in [-0.1, -0.05) is 24.4 Å². The number of carboxylic acid groups (broad SMARTS) is 1. The summed E-state index contributed by atoms with van der Waals surface area (Å²) < 4.78 is 0. The van der Waals surface area contributed by atoms with E-state index >= 15 is 0 Å². The number of carbonyl (C=O) groups is 2. The van der Waals surface area contributed by atoms with Gasteiger partial charge in [0.1, 0.15) is 10.7 Å². The van der Waals surface area contributed by atoms with Gasteiger partial charge in [-0.3, -0.25) is 4.79 Å². The molecule has 18 heavy (non-hydrogen) atoms. The summed E-state index contributed by atoms with van der Waals surface area (Å²) in [6.07, 6.45) is 3.96. The molecule has 1 saturated carbocycles. The number of rotatable bonds is 3. The minimum atomic E-state index is -1.13. The van der Waals surface area contributed by atoms with Gasteiger partial charge >= 0.3 is 5.97 Å². The molecule has 0 spiro atoms. The first-order valence-electron chi connectivity index (χ1n) is 5.71. The van der Waals surface area contributed by atoms with Crippen molar-refractivity contribution in [2.45, 2.75) is 31.2 Å². The van der Waals surface area contributed by atoms with Crippen molar-refractivity contribution in [2.75, 3.05) is 0 Å². The summed E-state index contributed by atoms with van der Waals surface area (Å²) in [6.45, 7) is 0. The summed E-state index contributed by atoms with van der Waals surface area (Å²) in [5.41, 5.74) is -0.810. The van der Waals surface area contributed by atoms with Crippen molar-refractivity contribution in [3.8, 4) is 0 Å². The first-order chi connectivity index (χ1) is 8.53. The third kappa shape index (κ3) is 2.46. The third-order valence-corrected chi connectivity index (χ3v) is 3.41. The average molecular weight is 269 g/mol. The highest BCUT2D eigenvalue weighted by atomic mass is 35.5. The van der Waals surface area contributed by atoms with Gasteiger partial charge in [0, 0.05) is 11.8 Å². The summed E-state index contributed by atoms with van der Waals surface area (Å²) in [6, 6.07) is 2.92. The van der Waals surface area contributed by atoms with Crippen LogP contribution >= 0.6 is 11.6 Å². The Morgan fingerprint density at radius 3 is 2.61 bits per heavy atom. The molecule has 5 nitrogen and oxygen atoms in total. The smallest absolute Gasteiger partial charge is 0.329 e. The highest BCUT2D eigenvalue weighted by molar-refractivity contribution is 6.29. The zero-order valence-electron chi connectivity index (χ0n) is 9.65. The van der Waals surface area contributed by atoms with Crippen LogP contribution < -0.4 is 5.32 Å². The molecule has 2 rings (SSSR count). The van der Waals surface area contributed by atoms with Crippen LogP contribution in [0.5, 0.6) is 0 Å². The Kier molecular flexibility index (Phi) is 3.52. The van der Waals surface area contributed by atoms with Crippen molar-refractivity contribution in [3.05, 3.63) is 29.0 Å². The number of hydrogen-bond acceptors (Lipinski definition) is 3. The fourth-order valence-corrected chi connectivity index (χ4v) is 2.38. The van der Waals surface area contributed by atoms with Gasteiger partial charge in [-0.05, 0) is 25.0 Å². The summed E-state index contributed by atoms with van der Waals surface area (Å²) in [5.74, 6) is -1.41. The van der Waals surface area contributed by atoms with Crippen molar-refractivity contribution < 1.29 is 14.7 Å². The molecule has 1 aliphatic carbocycles. The number of amides is 1. The van der Waals surface area contributed by atoms with E-state index < -0.39 is 17.4 Å². The maximum atomic E-state index is 12.0.